The third-order valence-electron chi connectivity index (χ3n) is 3.50. The highest BCUT2D eigenvalue weighted by Gasteiger charge is 2.41. The Morgan fingerprint density at radius 1 is 1.40 bits per heavy atom. The lowest BCUT2D eigenvalue weighted by atomic mass is 10.0. The van der Waals surface area contributed by atoms with E-state index in [1.54, 1.807) is 0 Å². The molecule has 1 aliphatic heterocycles. The van der Waals surface area contributed by atoms with E-state index in [0.29, 0.717) is 6.61 Å². The Kier molecular flexibility index (Phi) is 4.93. The lowest BCUT2D eigenvalue weighted by molar-refractivity contribution is -0.152. The van der Waals surface area contributed by atoms with E-state index in [0.717, 1.165) is 4.90 Å². The number of esters is 1. The van der Waals surface area contributed by atoms with Crippen LogP contribution in [0.3, 0.4) is 0 Å². The minimum Gasteiger partial charge on any atom is -0.480 e. The van der Waals surface area contributed by atoms with Crippen molar-refractivity contribution >= 4 is 18.0 Å². The fourth-order valence-corrected chi connectivity index (χ4v) is 1.74. The summed E-state index contributed by atoms with van der Waals surface area (Å²) in [5.41, 5.74) is -1.38. The van der Waals surface area contributed by atoms with E-state index in [1.165, 1.54) is 32.9 Å². The number of hydrogen-bond acceptors (Lipinski definition) is 5. The highest BCUT2D eigenvalue weighted by molar-refractivity contribution is 5.88. The molecule has 8 nitrogen and oxygen atoms in total. The Labute approximate surface area is 117 Å². The number of aliphatic carboxylic acids is 1. The number of ether oxygens (including phenoxy) is 2. The van der Waals surface area contributed by atoms with Crippen molar-refractivity contribution in [2.75, 3.05) is 33.9 Å². The van der Waals surface area contributed by atoms with E-state index < -0.39 is 29.6 Å². The summed E-state index contributed by atoms with van der Waals surface area (Å²) in [6.07, 6.45) is 0. The van der Waals surface area contributed by atoms with E-state index in [1.807, 2.05) is 0 Å². The second-order valence-electron chi connectivity index (χ2n) is 5.01. The molecule has 0 spiro atoms. The molecule has 1 fully saturated rings. The van der Waals surface area contributed by atoms with Crippen LogP contribution in [0.2, 0.25) is 0 Å². The molecule has 8 heteroatoms. The zero-order valence-corrected chi connectivity index (χ0v) is 12.1. The van der Waals surface area contributed by atoms with Gasteiger partial charge in [0.2, 0.25) is 0 Å². The predicted octanol–water partition coefficient (Wildman–Crippen LogP) is -0.225. The number of carbonyl (C=O) groups excluding carboxylic acids is 2. The molecule has 114 valence electrons. The number of morpholine rings is 1. The van der Waals surface area contributed by atoms with Gasteiger partial charge in [-0.1, -0.05) is 0 Å². The van der Waals surface area contributed by atoms with Gasteiger partial charge < -0.3 is 24.4 Å². The van der Waals surface area contributed by atoms with E-state index in [2.05, 4.69) is 4.74 Å². The summed E-state index contributed by atoms with van der Waals surface area (Å²) in [7, 11) is 2.62. The number of amides is 2. The van der Waals surface area contributed by atoms with Gasteiger partial charge in [0.1, 0.15) is 5.54 Å². The molecule has 0 radical (unpaired) electrons. The number of hydrogen-bond donors (Lipinski definition) is 1. The van der Waals surface area contributed by atoms with Gasteiger partial charge in [-0.15, -0.1) is 0 Å². The largest absolute Gasteiger partial charge is 0.480 e. The molecule has 1 unspecified atom stereocenters. The Balaban J connectivity index is 2.93. The zero-order valence-electron chi connectivity index (χ0n) is 12.1. The smallest absolute Gasteiger partial charge is 0.331 e. The number of carbonyl (C=O) groups is 3. The van der Waals surface area contributed by atoms with E-state index in [9.17, 15) is 14.4 Å². The number of rotatable bonds is 3. The minimum atomic E-state index is -1.38. The van der Waals surface area contributed by atoms with Crippen molar-refractivity contribution in [1.29, 1.82) is 0 Å². The van der Waals surface area contributed by atoms with Crippen molar-refractivity contribution in [3.05, 3.63) is 0 Å². The summed E-state index contributed by atoms with van der Waals surface area (Å²) in [6.45, 7) is 3.38. The number of carboxylic acid groups (broad SMARTS) is 1. The van der Waals surface area contributed by atoms with Crippen molar-refractivity contribution in [3.8, 4) is 0 Å². The van der Waals surface area contributed by atoms with Gasteiger partial charge in [0.15, 0.2) is 6.04 Å². The van der Waals surface area contributed by atoms with Crippen LogP contribution in [0.15, 0.2) is 0 Å². The van der Waals surface area contributed by atoms with Crippen molar-refractivity contribution in [2.24, 2.45) is 0 Å². The molecule has 2 amide bonds. The lowest BCUT2D eigenvalue weighted by Gasteiger charge is -2.40. The normalized spacial score (nSPS) is 19.4. The molecule has 0 aliphatic carbocycles. The average molecular weight is 288 g/mol. The van der Waals surface area contributed by atoms with Crippen molar-refractivity contribution in [1.82, 2.24) is 9.80 Å². The highest BCUT2D eigenvalue weighted by Crippen LogP contribution is 2.18. The third kappa shape index (κ3) is 3.01. The number of nitrogens with zero attached hydrogens (tertiary/aromatic N) is 2. The SMILES string of the molecule is COC(=O)C1COCCN1C(=O)N(C)C(C)(C)C(=O)O. The molecule has 20 heavy (non-hydrogen) atoms. The Bertz CT molecular complexity index is 409. The Hall–Kier alpha value is -1.83. The predicted molar refractivity (Wildman–Crippen MR) is 68.2 cm³/mol. The summed E-state index contributed by atoms with van der Waals surface area (Å²) in [5.74, 6) is -1.71. The first-order chi connectivity index (χ1) is 9.23. The first-order valence-electron chi connectivity index (χ1n) is 6.17. The van der Waals surface area contributed by atoms with Gasteiger partial charge in [0.05, 0.1) is 20.3 Å². The number of urea groups is 1. The molecule has 0 aromatic carbocycles. The molecule has 0 aromatic rings. The minimum absolute atomic E-state index is 0.0414. The third-order valence-corrected chi connectivity index (χ3v) is 3.50. The van der Waals surface area contributed by atoms with Crippen LogP contribution in [-0.2, 0) is 19.1 Å². The van der Waals surface area contributed by atoms with Gasteiger partial charge in [-0.2, -0.15) is 0 Å². The molecule has 0 saturated carbocycles. The van der Waals surface area contributed by atoms with Gasteiger partial charge in [-0.3, -0.25) is 0 Å². The van der Waals surface area contributed by atoms with Crippen molar-refractivity contribution in [2.45, 2.75) is 25.4 Å². The maximum atomic E-state index is 12.4. The highest BCUT2D eigenvalue weighted by atomic mass is 16.5. The first kappa shape index (κ1) is 16.2. The fraction of sp³-hybridized carbons (Fsp3) is 0.750. The summed E-state index contributed by atoms with van der Waals surface area (Å²) >= 11 is 0. The molecule has 1 aliphatic rings. The van der Waals surface area contributed by atoms with Crippen LogP contribution in [0.4, 0.5) is 4.79 Å². The Morgan fingerprint density at radius 3 is 2.50 bits per heavy atom. The molecule has 1 heterocycles. The molecular weight excluding hydrogens is 268 g/mol. The second kappa shape index (κ2) is 6.08. The van der Waals surface area contributed by atoms with E-state index in [4.69, 9.17) is 9.84 Å². The topological polar surface area (TPSA) is 96.4 Å². The van der Waals surface area contributed by atoms with Gasteiger partial charge in [0, 0.05) is 13.6 Å². The number of likely N-dealkylation sites (N-methyl/N-ethyl adjacent to an activating group) is 1. The van der Waals surface area contributed by atoms with E-state index in [-0.39, 0.29) is 13.2 Å². The molecule has 0 aromatic heterocycles. The van der Waals surface area contributed by atoms with Crippen LogP contribution in [0, 0.1) is 0 Å². The van der Waals surface area contributed by atoms with E-state index >= 15 is 0 Å². The molecule has 1 N–H and O–H groups in total. The van der Waals surface area contributed by atoms with Crippen molar-refractivity contribution < 1.29 is 29.0 Å². The molecule has 1 rings (SSSR count). The van der Waals surface area contributed by atoms with Gasteiger partial charge >= 0.3 is 18.0 Å². The van der Waals surface area contributed by atoms with Gasteiger partial charge in [-0.05, 0) is 13.8 Å². The van der Waals surface area contributed by atoms with Crippen LogP contribution >= 0.6 is 0 Å². The van der Waals surface area contributed by atoms with Crippen LogP contribution in [0.1, 0.15) is 13.8 Å². The van der Waals surface area contributed by atoms with Crippen molar-refractivity contribution in [3.63, 3.8) is 0 Å². The zero-order chi connectivity index (χ0) is 15.5. The maximum Gasteiger partial charge on any atom is 0.331 e. The van der Waals surface area contributed by atoms with Gasteiger partial charge in [-0.25, -0.2) is 14.4 Å². The number of carboxylic acids is 1. The molecular formula is C12H20N2O6. The molecule has 1 saturated heterocycles. The van der Waals surface area contributed by atoms with Crippen LogP contribution in [-0.4, -0.2) is 78.4 Å². The van der Waals surface area contributed by atoms with Crippen LogP contribution < -0.4 is 0 Å². The molecule has 0 bridgehead atoms. The maximum absolute atomic E-state index is 12.4. The van der Waals surface area contributed by atoms with Crippen LogP contribution in [0.5, 0.6) is 0 Å². The number of methoxy groups -OCH3 is 1. The molecule has 1 atom stereocenters. The lowest BCUT2D eigenvalue weighted by Crippen LogP contribution is -2.61. The first-order valence-corrected chi connectivity index (χ1v) is 6.17. The summed E-state index contributed by atoms with van der Waals surface area (Å²) in [6, 6.07) is -1.40. The summed E-state index contributed by atoms with van der Waals surface area (Å²) in [5, 5.41) is 9.15. The summed E-state index contributed by atoms with van der Waals surface area (Å²) < 4.78 is 9.80. The summed E-state index contributed by atoms with van der Waals surface area (Å²) in [4.78, 5) is 37.6. The Morgan fingerprint density at radius 2 is 2.00 bits per heavy atom. The second-order valence-corrected chi connectivity index (χ2v) is 5.01. The quantitative estimate of drug-likeness (QED) is 0.721. The average Bonchev–Trinajstić information content (AvgIpc) is 2.44. The van der Waals surface area contributed by atoms with Gasteiger partial charge in [0.25, 0.3) is 0 Å². The monoisotopic (exact) mass is 288 g/mol. The van der Waals surface area contributed by atoms with Crippen LogP contribution in [0.25, 0.3) is 0 Å². The fourth-order valence-electron chi connectivity index (χ4n) is 1.74. The standard InChI is InChI=1S/C12H20N2O6/c1-12(2,10(16)17)13(3)11(18)14-5-6-20-7-8(14)9(15)19-4/h8H,5-7H2,1-4H3,(H,16,17).